The fourth-order valence-electron chi connectivity index (χ4n) is 3.11. The average molecular weight is 289 g/mol. The van der Waals surface area contributed by atoms with Crippen molar-refractivity contribution in [3.8, 4) is 0 Å². The van der Waals surface area contributed by atoms with E-state index in [1.807, 2.05) is 18.7 Å². The van der Waals surface area contributed by atoms with Crippen molar-refractivity contribution < 1.29 is 9.32 Å². The molecule has 1 aromatic rings. The summed E-state index contributed by atoms with van der Waals surface area (Å²) < 4.78 is 5.30. The third kappa shape index (κ3) is 3.01. The Kier molecular flexibility index (Phi) is 4.08. The van der Waals surface area contributed by atoms with Crippen molar-refractivity contribution in [2.45, 2.75) is 51.4 Å². The van der Waals surface area contributed by atoms with Crippen LogP contribution in [0.2, 0.25) is 0 Å². The Bertz CT molecular complexity index is 527. The summed E-state index contributed by atoms with van der Waals surface area (Å²) in [4.78, 5) is 19.0. The molecule has 114 valence electrons. The summed E-state index contributed by atoms with van der Waals surface area (Å²) in [5.74, 6) is 2.36. The van der Waals surface area contributed by atoms with Crippen LogP contribution >= 0.6 is 0 Å². The summed E-state index contributed by atoms with van der Waals surface area (Å²) in [5.41, 5.74) is 0. The van der Waals surface area contributed by atoms with E-state index in [1.165, 1.54) is 0 Å². The number of allylic oxidation sites excluding steroid dienone is 2. The Morgan fingerprint density at radius 1 is 1.38 bits per heavy atom. The van der Waals surface area contributed by atoms with Crippen LogP contribution in [-0.4, -0.2) is 34.0 Å². The molecular formula is C16H23N3O2. The lowest BCUT2D eigenvalue weighted by atomic mass is 9.95. The Labute approximate surface area is 125 Å². The van der Waals surface area contributed by atoms with Crippen molar-refractivity contribution in [1.82, 2.24) is 15.0 Å². The number of carbonyl (C=O) groups excluding carboxylic acids is 1. The minimum Gasteiger partial charge on any atom is -0.342 e. The van der Waals surface area contributed by atoms with Crippen LogP contribution in [0.3, 0.4) is 0 Å². The smallest absolute Gasteiger partial charge is 0.229 e. The van der Waals surface area contributed by atoms with E-state index in [2.05, 4.69) is 22.3 Å². The van der Waals surface area contributed by atoms with Gasteiger partial charge in [0.05, 0.1) is 0 Å². The normalized spacial score (nSPS) is 23.2. The number of carbonyl (C=O) groups is 1. The maximum Gasteiger partial charge on any atom is 0.229 e. The van der Waals surface area contributed by atoms with Crippen LogP contribution in [0.15, 0.2) is 16.7 Å². The maximum absolute atomic E-state index is 12.5. The first-order chi connectivity index (χ1) is 10.1. The van der Waals surface area contributed by atoms with Gasteiger partial charge in [0.2, 0.25) is 11.8 Å². The molecule has 1 aliphatic carbocycles. The fourth-order valence-corrected chi connectivity index (χ4v) is 3.11. The third-order valence-corrected chi connectivity index (χ3v) is 4.41. The van der Waals surface area contributed by atoms with Crippen LogP contribution in [0.25, 0.3) is 0 Å². The molecule has 5 nitrogen and oxygen atoms in total. The SMILES string of the molecule is CC(C)c1nc([C@H]2CCCN(C(=O)C3CC=CC3)C2)no1. The lowest BCUT2D eigenvalue weighted by molar-refractivity contribution is -0.136. The largest absolute Gasteiger partial charge is 0.342 e. The van der Waals surface area contributed by atoms with Gasteiger partial charge >= 0.3 is 0 Å². The number of rotatable bonds is 3. The zero-order valence-corrected chi connectivity index (χ0v) is 12.8. The Balaban J connectivity index is 1.66. The van der Waals surface area contributed by atoms with E-state index < -0.39 is 0 Å². The number of likely N-dealkylation sites (tertiary alicyclic amines) is 1. The van der Waals surface area contributed by atoms with Crippen molar-refractivity contribution in [3.63, 3.8) is 0 Å². The van der Waals surface area contributed by atoms with Gasteiger partial charge in [-0.25, -0.2) is 0 Å². The monoisotopic (exact) mass is 289 g/mol. The van der Waals surface area contributed by atoms with Crippen LogP contribution in [0.5, 0.6) is 0 Å². The minimum absolute atomic E-state index is 0.153. The second-order valence-corrected chi connectivity index (χ2v) is 6.41. The summed E-state index contributed by atoms with van der Waals surface area (Å²) >= 11 is 0. The van der Waals surface area contributed by atoms with Crippen LogP contribution in [0.1, 0.15) is 63.1 Å². The molecule has 0 radical (unpaired) electrons. The Hall–Kier alpha value is -1.65. The van der Waals surface area contributed by atoms with E-state index in [4.69, 9.17) is 4.52 Å². The molecule has 0 aromatic carbocycles. The molecule has 0 spiro atoms. The predicted octanol–water partition coefficient (Wildman–Crippen LogP) is 2.87. The second kappa shape index (κ2) is 6.00. The molecule has 21 heavy (non-hydrogen) atoms. The number of hydrogen-bond acceptors (Lipinski definition) is 4. The zero-order chi connectivity index (χ0) is 14.8. The zero-order valence-electron chi connectivity index (χ0n) is 12.8. The first-order valence-electron chi connectivity index (χ1n) is 7.92. The van der Waals surface area contributed by atoms with Crippen LogP contribution in [-0.2, 0) is 4.79 Å². The van der Waals surface area contributed by atoms with Crippen molar-refractivity contribution >= 4 is 5.91 Å². The molecule has 1 saturated heterocycles. The van der Waals surface area contributed by atoms with E-state index in [9.17, 15) is 4.79 Å². The topological polar surface area (TPSA) is 59.2 Å². The van der Waals surface area contributed by atoms with Gasteiger partial charge in [-0.3, -0.25) is 4.79 Å². The fraction of sp³-hybridized carbons (Fsp3) is 0.688. The highest BCUT2D eigenvalue weighted by Crippen LogP contribution is 2.29. The highest BCUT2D eigenvalue weighted by Gasteiger charge is 2.31. The highest BCUT2D eigenvalue weighted by molar-refractivity contribution is 5.79. The van der Waals surface area contributed by atoms with E-state index in [-0.39, 0.29) is 23.7 Å². The van der Waals surface area contributed by atoms with E-state index in [0.29, 0.717) is 5.89 Å². The summed E-state index contributed by atoms with van der Waals surface area (Å²) in [5, 5.41) is 4.12. The average Bonchev–Trinajstić information content (AvgIpc) is 3.18. The summed E-state index contributed by atoms with van der Waals surface area (Å²) in [7, 11) is 0. The number of nitrogens with zero attached hydrogens (tertiary/aromatic N) is 3. The van der Waals surface area contributed by atoms with Crippen molar-refractivity contribution in [3.05, 3.63) is 23.9 Å². The van der Waals surface area contributed by atoms with Crippen LogP contribution < -0.4 is 0 Å². The van der Waals surface area contributed by atoms with Gasteiger partial charge in [-0.05, 0) is 25.7 Å². The lowest BCUT2D eigenvalue weighted by Crippen LogP contribution is -2.42. The molecule has 0 N–H and O–H groups in total. The number of piperidine rings is 1. The summed E-state index contributed by atoms with van der Waals surface area (Å²) in [6.45, 7) is 5.68. The lowest BCUT2D eigenvalue weighted by Gasteiger charge is -2.33. The number of aromatic nitrogens is 2. The predicted molar refractivity (Wildman–Crippen MR) is 78.8 cm³/mol. The molecular weight excluding hydrogens is 266 g/mol. The highest BCUT2D eigenvalue weighted by atomic mass is 16.5. The third-order valence-electron chi connectivity index (χ3n) is 4.41. The van der Waals surface area contributed by atoms with Gasteiger partial charge in [0.25, 0.3) is 0 Å². The van der Waals surface area contributed by atoms with E-state index in [0.717, 1.165) is 44.6 Å². The van der Waals surface area contributed by atoms with Crippen LogP contribution in [0.4, 0.5) is 0 Å². The van der Waals surface area contributed by atoms with Crippen molar-refractivity contribution in [1.29, 1.82) is 0 Å². The van der Waals surface area contributed by atoms with Gasteiger partial charge in [-0.1, -0.05) is 31.2 Å². The Morgan fingerprint density at radius 2 is 2.14 bits per heavy atom. The Morgan fingerprint density at radius 3 is 2.81 bits per heavy atom. The van der Waals surface area contributed by atoms with E-state index >= 15 is 0 Å². The minimum atomic E-state index is 0.153. The van der Waals surface area contributed by atoms with Crippen molar-refractivity contribution in [2.75, 3.05) is 13.1 Å². The van der Waals surface area contributed by atoms with Gasteiger partial charge in [0, 0.05) is 30.8 Å². The summed E-state index contributed by atoms with van der Waals surface area (Å²) in [6.07, 6.45) is 8.04. The standard InChI is InChI=1S/C16H23N3O2/c1-11(2)15-17-14(18-21-15)13-8-5-9-19(10-13)16(20)12-6-3-4-7-12/h3-4,11-13H,5-10H2,1-2H3/t13-/m0/s1. The quantitative estimate of drug-likeness (QED) is 0.803. The molecule has 2 aliphatic rings. The molecule has 3 rings (SSSR count). The first kappa shape index (κ1) is 14.3. The molecule has 1 atom stereocenters. The molecule has 0 unspecified atom stereocenters. The van der Waals surface area contributed by atoms with Gasteiger partial charge in [0.15, 0.2) is 5.82 Å². The summed E-state index contributed by atoms with van der Waals surface area (Å²) in [6, 6.07) is 0. The van der Waals surface area contributed by atoms with E-state index in [1.54, 1.807) is 0 Å². The molecule has 2 heterocycles. The van der Waals surface area contributed by atoms with Crippen LogP contribution in [0, 0.1) is 5.92 Å². The van der Waals surface area contributed by atoms with Gasteiger partial charge in [0.1, 0.15) is 0 Å². The number of hydrogen-bond donors (Lipinski definition) is 0. The molecule has 5 heteroatoms. The molecule has 0 bridgehead atoms. The molecule has 1 fully saturated rings. The number of amides is 1. The second-order valence-electron chi connectivity index (χ2n) is 6.41. The molecule has 1 aromatic heterocycles. The van der Waals surface area contributed by atoms with Gasteiger partial charge in [-0.15, -0.1) is 0 Å². The maximum atomic E-state index is 12.5. The van der Waals surface area contributed by atoms with Gasteiger partial charge < -0.3 is 9.42 Å². The molecule has 1 amide bonds. The first-order valence-corrected chi connectivity index (χ1v) is 7.92. The molecule has 0 saturated carbocycles. The van der Waals surface area contributed by atoms with Gasteiger partial charge in [-0.2, -0.15) is 4.98 Å². The molecule has 1 aliphatic heterocycles. The van der Waals surface area contributed by atoms with Crippen molar-refractivity contribution in [2.24, 2.45) is 5.92 Å².